The van der Waals surface area contributed by atoms with Crippen molar-refractivity contribution in [1.29, 1.82) is 0 Å². The molecule has 5 heteroatoms. The molecular formula is C23H28N2O3. The van der Waals surface area contributed by atoms with Crippen LogP contribution in [0, 0.1) is 5.92 Å². The van der Waals surface area contributed by atoms with Gasteiger partial charge in [-0.1, -0.05) is 68.8 Å². The van der Waals surface area contributed by atoms with E-state index in [0.717, 1.165) is 17.5 Å². The molecule has 1 aliphatic rings. The fourth-order valence-electron chi connectivity index (χ4n) is 3.64. The minimum absolute atomic E-state index is 0.115. The molecule has 0 bridgehead atoms. The first kappa shape index (κ1) is 20.1. The first-order chi connectivity index (χ1) is 13.5. The fourth-order valence-corrected chi connectivity index (χ4v) is 3.64. The first-order valence-electron chi connectivity index (χ1n) is 9.89. The molecule has 1 aliphatic heterocycles. The van der Waals surface area contributed by atoms with Crippen LogP contribution in [0.1, 0.15) is 41.8 Å². The van der Waals surface area contributed by atoms with Crippen LogP contribution in [0.4, 0.5) is 0 Å². The lowest BCUT2D eigenvalue weighted by atomic mass is 9.98. The zero-order valence-electron chi connectivity index (χ0n) is 16.5. The van der Waals surface area contributed by atoms with Crippen LogP contribution in [0.15, 0.2) is 54.6 Å². The van der Waals surface area contributed by atoms with Gasteiger partial charge >= 0.3 is 0 Å². The molecule has 0 aliphatic carbocycles. The number of benzene rings is 2. The minimum Gasteiger partial charge on any atom is -0.394 e. The highest BCUT2D eigenvalue weighted by Gasteiger charge is 2.37. The van der Waals surface area contributed by atoms with Gasteiger partial charge in [-0.25, -0.2) is 0 Å². The lowest BCUT2D eigenvalue weighted by Crippen LogP contribution is -2.53. The minimum atomic E-state index is -0.625. The molecule has 2 N–H and O–H groups in total. The van der Waals surface area contributed by atoms with Gasteiger partial charge in [0.15, 0.2) is 0 Å². The number of fused-ring (bicyclic) bond motifs is 1. The van der Waals surface area contributed by atoms with Crippen LogP contribution in [0.5, 0.6) is 0 Å². The standard InChI is InChI=1S/C23H28N2O3/c1-3-16(2)20(15-26)24-22(27)21(13-17-9-5-4-6-10-17)25-14-18-11-7-8-12-19(18)23(25)28/h4-12,16,20-21,26H,3,13-15H2,1-2H3,(H,24,27)/t16-,20-,21+/m0/s1. The number of aliphatic hydroxyl groups is 1. The van der Waals surface area contributed by atoms with E-state index in [2.05, 4.69) is 5.32 Å². The topological polar surface area (TPSA) is 69.6 Å². The molecule has 5 nitrogen and oxygen atoms in total. The summed E-state index contributed by atoms with van der Waals surface area (Å²) >= 11 is 0. The molecule has 0 spiro atoms. The van der Waals surface area contributed by atoms with E-state index in [-0.39, 0.29) is 30.4 Å². The largest absolute Gasteiger partial charge is 0.394 e. The molecule has 3 atom stereocenters. The Hall–Kier alpha value is -2.66. The maximum absolute atomic E-state index is 13.2. The van der Waals surface area contributed by atoms with Crippen LogP contribution < -0.4 is 5.32 Å². The Morgan fingerprint density at radius 1 is 1.14 bits per heavy atom. The van der Waals surface area contributed by atoms with Crippen molar-refractivity contribution >= 4 is 11.8 Å². The van der Waals surface area contributed by atoms with E-state index in [1.807, 2.05) is 68.4 Å². The van der Waals surface area contributed by atoms with E-state index in [4.69, 9.17) is 0 Å². The van der Waals surface area contributed by atoms with Crippen molar-refractivity contribution in [3.63, 3.8) is 0 Å². The van der Waals surface area contributed by atoms with Crippen LogP contribution >= 0.6 is 0 Å². The summed E-state index contributed by atoms with van der Waals surface area (Å²) in [7, 11) is 0. The van der Waals surface area contributed by atoms with Crippen LogP contribution in [0.25, 0.3) is 0 Å². The summed E-state index contributed by atoms with van der Waals surface area (Å²) in [6.07, 6.45) is 1.29. The van der Waals surface area contributed by atoms with Gasteiger partial charge in [-0.2, -0.15) is 0 Å². The van der Waals surface area contributed by atoms with E-state index in [1.165, 1.54) is 0 Å². The number of rotatable bonds is 8. The monoisotopic (exact) mass is 380 g/mol. The molecule has 0 radical (unpaired) electrons. The predicted octanol–water partition coefficient (Wildman–Crippen LogP) is 2.78. The molecule has 0 unspecified atom stereocenters. The first-order valence-corrected chi connectivity index (χ1v) is 9.89. The molecule has 0 aromatic heterocycles. The molecule has 0 saturated carbocycles. The van der Waals surface area contributed by atoms with Gasteiger partial charge in [-0.3, -0.25) is 9.59 Å². The number of hydrogen-bond acceptors (Lipinski definition) is 3. The van der Waals surface area contributed by atoms with Gasteiger partial charge in [-0.15, -0.1) is 0 Å². The van der Waals surface area contributed by atoms with Crippen LogP contribution in [0.2, 0.25) is 0 Å². The third-order valence-corrected chi connectivity index (χ3v) is 5.66. The van der Waals surface area contributed by atoms with Gasteiger partial charge in [0.2, 0.25) is 5.91 Å². The van der Waals surface area contributed by atoms with Crippen molar-refractivity contribution in [2.45, 2.75) is 45.3 Å². The van der Waals surface area contributed by atoms with Gasteiger partial charge < -0.3 is 15.3 Å². The zero-order valence-corrected chi connectivity index (χ0v) is 16.5. The van der Waals surface area contributed by atoms with Gasteiger partial charge in [0, 0.05) is 18.5 Å². The van der Waals surface area contributed by atoms with Crippen molar-refractivity contribution in [3.8, 4) is 0 Å². The lowest BCUT2D eigenvalue weighted by molar-refractivity contribution is -0.127. The molecule has 0 saturated heterocycles. The number of carbonyl (C=O) groups is 2. The normalized spacial score (nSPS) is 16.4. The zero-order chi connectivity index (χ0) is 20.1. The Kier molecular flexibility index (Phi) is 6.47. The second kappa shape index (κ2) is 9.02. The second-order valence-corrected chi connectivity index (χ2v) is 7.48. The van der Waals surface area contributed by atoms with E-state index in [1.54, 1.807) is 4.90 Å². The van der Waals surface area contributed by atoms with Gasteiger partial charge in [0.1, 0.15) is 6.04 Å². The average Bonchev–Trinajstić information content (AvgIpc) is 3.06. The number of hydrogen-bond donors (Lipinski definition) is 2. The number of aliphatic hydroxyl groups excluding tert-OH is 1. The van der Waals surface area contributed by atoms with E-state index >= 15 is 0 Å². The molecule has 28 heavy (non-hydrogen) atoms. The molecule has 3 rings (SSSR count). The highest BCUT2D eigenvalue weighted by Crippen LogP contribution is 2.26. The highest BCUT2D eigenvalue weighted by molar-refractivity contribution is 6.01. The van der Waals surface area contributed by atoms with Crippen LogP contribution in [0.3, 0.4) is 0 Å². The number of nitrogens with zero attached hydrogens (tertiary/aromatic N) is 1. The van der Waals surface area contributed by atoms with E-state index in [0.29, 0.717) is 18.5 Å². The molecule has 2 aromatic rings. The van der Waals surface area contributed by atoms with Crippen molar-refractivity contribution in [2.75, 3.05) is 6.61 Å². The maximum Gasteiger partial charge on any atom is 0.255 e. The summed E-state index contributed by atoms with van der Waals surface area (Å²) in [5.41, 5.74) is 2.60. The summed E-state index contributed by atoms with van der Waals surface area (Å²) in [5, 5.41) is 12.7. The van der Waals surface area contributed by atoms with Crippen molar-refractivity contribution < 1.29 is 14.7 Å². The number of nitrogens with one attached hydrogen (secondary N) is 1. The van der Waals surface area contributed by atoms with Gasteiger partial charge in [0.25, 0.3) is 5.91 Å². The Balaban J connectivity index is 1.85. The van der Waals surface area contributed by atoms with Crippen LogP contribution in [-0.2, 0) is 17.8 Å². The quantitative estimate of drug-likeness (QED) is 0.740. The van der Waals surface area contributed by atoms with Crippen molar-refractivity contribution in [2.24, 2.45) is 5.92 Å². The summed E-state index contributed by atoms with van der Waals surface area (Å²) in [6, 6.07) is 16.3. The second-order valence-electron chi connectivity index (χ2n) is 7.48. The van der Waals surface area contributed by atoms with Gasteiger partial charge in [0.05, 0.1) is 12.6 Å². The Morgan fingerprint density at radius 2 is 1.82 bits per heavy atom. The summed E-state index contributed by atoms with van der Waals surface area (Å²) in [6.45, 7) is 4.34. The lowest BCUT2D eigenvalue weighted by Gasteiger charge is -2.30. The van der Waals surface area contributed by atoms with Gasteiger partial charge in [-0.05, 0) is 23.1 Å². The number of carbonyl (C=O) groups excluding carboxylic acids is 2. The van der Waals surface area contributed by atoms with Crippen molar-refractivity contribution in [1.82, 2.24) is 10.2 Å². The average molecular weight is 380 g/mol. The third kappa shape index (κ3) is 4.25. The van der Waals surface area contributed by atoms with E-state index < -0.39 is 6.04 Å². The smallest absolute Gasteiger partial charge is 0.255 e. The van der Waals surface area contributed by atoms with Crippen LogP contribution in [-0.4, -0.2) is 40.5 Å². The molecular weight excluding hydrogens is 352 g/mol. The van der Waals surface area contributed by atoms with Crippen molar-refractivity contribution in [3.05, 3.63) is 71.3 Å². The molecule has 2 amide bonds. The Morgan fingerprint density at radius 3 is 2.46 bits per heavy atom. The maximum atomic E-state index is 13.2. The predicted molar refractivity (Wildman–Crippen MR) is 109 cm³/mol. The summed E-state index contributed by atoms with van der Waals surface area (Å²) < 4.78 is 0. The Labute approximate surface area is 166 Å². The van der Waals surface area contributed by atoms with E-state index in [9.17, 15) is 14.7 Å². The summed E-state index contributed by atoms with van der Waals surface area (Å²) in [4.78, 5) is 27.8. The SMILES string of the molecule is CC[C@H](C)[C@H](CO)NC(=O)[C@@H](Cc1ccccc1)N1Cc2ccccc2C1=O. The summed E-state index contributed by atoms with van der Waals surface area (Å²) in [5.74, 6) is -0.182. The molecule has 0 fully saturated rings. The number of amides is 2. The third-order valence-electron chi connectivity index (χ3n) is 5.66. The fraction of sp³-hybridized carbons (Fsp3) is 0.391. The Bertz CT molecular complexity index is 822. The molecule has 148 valence electrons. The molecule has 2 aromatic carbocycles. The highest BCUT2D eigenvalue weighted by atomic mass is 16.3. The molecule has 1 heterocycles.